The number of ether oxygens (including phenoxy) is 2. The van der Waals surface area contributed by atoms with Crippen molar-refractivity contribution in [3.05, 3.63) is 106 Å². The summed E-state index contributed by atoms with van der Waals surface area (Å²) in [4.78, 5) is 40.7. The van der Waals surface area contributed by atoms with E-state index < -0.39 is 11.4 Å². The number of halogens is 1. The Morgan fingerprint density at radius 1 is 1.02 bits per heavy atom. The van der Waals surface area contributed by atoms with Gasteiger partial charge in [-0.25, -0.2) is 4.39 Å². The first kappa shape index (κ1) is 28.5. The number of anilines is 2. The zero-order valence-corrected chi connectivity index (χ0v) is 23.4. The highest BCUT2D eigenvalue weighted by molar-refractivity contribution is 5.95. The number of likely N-dealkylation sites (tertiary alicyclic amines) is 1. The molecule has 0 aliphatic carbocycles. The van der Waals surface area contributed by atoms with Crippen LogP contribution < -0.4 is 15.6 Å². The summed E-state index contributed by atoms with van der Waals surface area (Å²) < 4.78 is 25.8. The third-order valence-corrected chi connectivity index (χ3v) is 6.99. The molecule has 0 saturated carbocycles. The monoisotopic (exact) mass is 570 g/mol. The first-order chi connectivity index (χ1) is 20.3. The van der Waals surface area contributed by atoms with Crippen molar-refractivity contribution < 1.29 is 23.5 Å². The quantitative estimate of drug-likeness (QED) is 0.274. The second-order valence-electron chi connectivity index (χ2n) is 10.0. The number of benzene rings is 3. The molecule has 1 N–H and O–H groups in total. The third kappa shape index (κ3) is 6.49. The highest BCUT2D eigenvalue weighted by atomic mass is 19.1. The highest BCUT2D eigenvalue weighted by Gasteiger charge is 2.29. The van der Waals surface area contributed by atoms with Crippen LogP contribution in [-0.4, -0.2) is 46.3 Å². The van der Waals surface area contributed by atoms with Crippen molar-refractivity contribution >= 4 is 23.3 Å². The molecule has 4 aromatic rings. The Labute approximate surface area is 242 Å². The fourth-order valence-electron chi connectivity index (χ4n) is 4.77. The number of rotatable bonds is 8. The highest BCUT2D eigenvalue weighted by Crippen LogP contribution is 2.29. The van der Waals surface area contributed by atoms with Gasteiger partial charge in [-0.3, -0.25) is 14.4 Å². The Kier molecular flexibility index (Phi) is 8.61. The molecule has 1 amide bonds. The molecular weight excluding hydrogens is 539 g/mol. The van der Waals surface area contributed by atoms with Gasteiger partial charge in [0.05, 0.1) is 24.4 Å². The van der Waals surface area contributed by atoms with Crippen LogP contribution >= 0.6 is 0 Å². The van der Waals surface area contributed by atoms with Crippen molar-refractivity contribution in [1.29, 1.82) is 0 Å². The summed E-state index contributed by atoms with van der Waals surface area (Å²) in [6, 6.07) is 19.5. The number of piperidine rings is 1. The zero-order valence-electron chi connectivity index (χ0n) is 23.4. The van der Waals surface area contributed by atoms with Gasteiger partial charge < -0.3 is 19.7 Å². The van der Waals surface area contributed by atoms with Crippen LogP contribution in [0, 0.1) is 18.7 Å². The summed E-state index contributed by atoms with van der Waals surface area (Å²) in [6.07, 6.45) is 2.84. The molecule has 5 rings (SSSR count). The molecule has 9 nitrogen and oxygen atoms in total. The lowest BCUT2D eigenvalue weighted by Gasteiger charge is -2.31. The minimum atomic E-state index is -0.510. The lowest BCUT2D eigenvalue weighted by atomic mass is 9.97. The Balaban J connectivity index is 1.40. The molecule has 0 radical (unpaired) electrons. The maximum absolute atomic E-state index is 13.6. The molecule has 0 bridgehead atoms. The number of hydrogen-bond donors (Lipinski definition) is 1. The van der Waals surface area contributed by atoms with E-state index in [1.807, 2.05) is 19.1 Å². The smallest absolute Gasteiger partial charge is 0.310 e. The SMILES string of the molecule is CCOC(=O)C1CCCN(C(=O)c2ccc(Nc3c(Oc4ccc(C)cc4)cnn(-c4ccc(F)cc4)c3=O)cc2)C1. The van der Waals surface area contributed by atoms with Crippen molar-refractivity contribution in [2.75, 3.05) is 25.0 Å². The maximum Gasteiger partial charge on any atom is 0.310 e. The molecule has 2 heterocycles. The summed E-state index contributed by atoms with van der Waals surface area (Å²) >= 11 is 0. The van der Waals surface area contributed by atoms with E-state index in [9.17, 15) is 18.8 Å². The molecule has 1 saturated heterocycles. The molecule has 10 heteroatoms. The fraction of sp³-hybridized carbons (Fsp3) is 0.250. The Morgan fingerprint density at radius 3 is 2.43 bits per heavy atom. The molecule has 1 aliphatic heterocycles. The first-order valence-electron chi connectivity index (χ1n) is 13.8. The Bertz CT molecular complexity index is 1620. The number of esters is 1. The summed E-state index contributed by atoms with van der Waals surface area (Å²) in [5, 5.41) is 7.36. The number of hydrogen-bond acceptors (Lipinski definition) is 7. The van der Waals surface area contributed by atoms with Gasteiger partial charge in [-0.1, -0.05) is 17.7 Å². The summed E-state index contributed by atoms with van der Waals surface area (Å²) in [6.45, 7) is 4.91. The van der Waals surface area contributed by atoms with Gasteiger partial charge in [0.15, 0.2) is 11.4 Å². The molecule has 0 spiro atoms. The summed E-state index contributed by atoms with van der Waals surface area (Å²) in [5.74, 6) is -0.498. The third-order valence-electron chi connectivity index (χ3n) is 6.99. The van der Waals surface area contributed by atoms with E-state index in [1.54, 1.807) is 48.2 Å². The van der Waals surface area contributed by atoms with Gasteiger partial charge in [0.2, 0.25) is 0 Å². The minimum Gasteiger partial charge on any atom is -0.466 e. The maximum atomic E-state index is 13.6. The number of aromatic nitrogens is 2. The standard InChI is InChI=1S/C32H31FN4O5/c1-3-41-32(40)23-5-4-18-36(20-23)30(38)22-8-12-25(13-9-22)35-29-28(42-27-16-6-21(2)7-17-27)19-34-37(31(29)39)26-14-10-24(33)11-15-26/h6-17,19,23,35H,3-5,18,20H2,1-2H3. The summed E-state index contributed by atoms with van der Waals surface area (Å²) in [5.41, 5.74) is 2.04. The van der Waals surface area contributed by atoms with Gasteiger partial charge in [-0.2, -0.15) is 9.78 Å². The van der Waals surface area contributed by atoms with Crippen molar-refractivity contribution in [2.45, 2.75) is 26.7 Å². The van der Waals surface area contributed by atoms with Crippen molar-refractivity contribution in [3.63, 3.8) is 0 Å². The zero-order chi connectivity index (χ0) is 29.6. The van der Waals surface area contributed by atoms with Crippen LogP contribution in [-0.2, 0) is 9.53 Å². The lowest BCUT2D eigenvalue weighted by Crippen LogP contribution is -2.42. The topological polar surface area (TPSA) is 103 Å². The number of carbonyl (C=O) groups excluding carboxylic acids is 2. The molecule has 42 heavy (non-hydrogen) atoms. The minimum absolute atomic E-state index is 0.113. The molecule has 216 valence electrons. The van der Waals surface area contributed by atoms with Crippen LogP contribution in [0.3, 0.4) is 0 Å². The largest absolute Gasteiger partial charge is 0.466 e. The number of amides is 1. The molecule has 1 unspecified atom stereocenters. The van der Waals surface area contributed by atoms with Gasteiger partial charge in [0.25, 0.3) is 11.5 Å². The van der Waals surface area contributed by atoms with Crippen LogP contribution in [0.5, 0.6) is 11.5 Å². The Hall–Kier alpha value is -4.99. The van der Waals surface area contributed by atoms with Gasteiger partial charge in [-0.15, -0.1) is 0 Å². The van der Waals surface area contributed by atoms with E-state index in [0.29, 0.717) is 48.8 Å². The predicted molar refractivity (Wildman–Crippen MR) is 156 cm³/mol. The predicted octanol–water partition coefficient (Wildman–Crippen LogP) is 5.63. The van der Waals surface area contributed by atoms with Crippen molar-refractivity contribution in [1.82, 2.24) is 14.7 Å². The second-order valence-corrected chi connectivity index (χ2v) is 10.0. The molecule has 1 fully saturated rings. The van der Waals surface area contributed by atoms with Gasteiger partial charge in [-0.05, 0) is 87.4 Å². The van der Waals surface area contributed by atoms with E-state index in [-0.39, 0.29) is 29.2 Å². The average Bonchev–Trinajstić information content (AvgIpc) is 3.01. The molecule has 1 aromatic heterocycles. The van der Waals surface area contributed by atoms with E-state index in [2.05, 4.69) is 10.4 Å². The van der Waals surface area contributed by atoms with Gasteiger partial charge in [0, 0.05) is 24.3 Å². The number of nitrogens with one attached hydrogen (secondary N) is 1. The molecule has 1 aliphatic rings. The van der Waals surface area contributed by atoms with Gasteiger partial charge >= 0.3 is 5.97 Å². The summed E-state index contributed by atoms with van der Waals surface area (Å²) in [7, 11) is 0. The normalized spacial score (nSPS) is 14.7. The molecular formula is C32H31FN4O5. The van der Waals surface area contributed by atoms with E-state index >= 15 is 0 Å². The van der Waals surface area contributed by atoms with E-state index in [0.717, 1.165) is 16.7 Å². The number of aryl methyl sites for hydroxylation is 1. The van der Waals surface area contributed by atoms with Crippen molar-refractivity contribution in [3.8, 4) is 17.2 Å². The van der Waals surface area contributed by atoms with Gasteiger partial charge in [0.1, 0.15) is 11.6 Å². The van der Waals surface area contributed by atoms with Crippen LogP contribution in [0.1, 0.15) is 35.7 Å². The van der Waals surface area contributed by atoms with Crippen LogP contribution in [0.4, 0.5) is 15.8 Å². The molecule has 3 aromatic carbocycles. The lowest BCUT2D eigenvalue weighted by molar-refractivity contribution is -0.149. The van der Waals surface area contributed by atoms with Crippen LogP contribution in [0.2, 0.25) is 0 Å². The van der Waals surface area contributed by atoms with E-state index in [4.69, 9.17) is 9.47 Å². The fourth-order valence-corrected chi connectivity index (χ4v) is 4.77. The number of carbonyl (C=O) groups is 2. The Morgan fingerprint density at radius 2 is 1.74 bits per heavy atom. The first-order valence-corrected chi connectivity index (χ1v) is 13.8. The van der Waals surface area contributed by atoms with Crippen LogP contribution in [0.15, 0.2) is 83.8 Å². The van der Waals surface area contributed by atoms with Crippen molar-refractivity contribution in [2.24, 2.45) is 5.92 Å². The number of nitrogens with zero attached hydrogens (tertiary/aromatic N) is 3. The average molecular weight is 571 g/mol. The second kappa shape index (κ2) is 12.7. The van der Waals surface area contributed by atoms with Crippen LogP contribution in [0.25, 0.3) is 5.69 Å². The van der Waals surface area contributed by atoms with E-state index in [1.165, 1.54) is 30.5 Å². The molecule has 1 atom stereocenters.